The first kappa shape index (κ1) is 43.3. The predicted molar refractivity (Wildman–Crippen MR) is 194 cm³/mol. The van der Waals surface area contributed by atoms with E-state index in [2.05, 4.69) is 16.0 Å². The summed E-state index contributed by atoms with van der Waals surface area (Å²) in [5, 5.41) is 19.7. The number of nitrogens with one attached hydrogen (secondary N) is 3. The standard InChI is InChI=1S/C38H55N5O9/c1-22(2)31(35(47)42-32(23(3)4)37(49)51-8)41-30(44)19-24(5)33(45)29(20-27-15-11-9-12-16-27)40-34(46)26(7)43(36(48)25(6)39)38(50)52-21-28-17-13-10-14-18-28/h9-18,22-26,29,31-33,45H,19-21,39H2,1-8H3,(H,40,46)(H,41,44)(H,42,47)/t24?,25-,26-,29-,31?,32?,33?/m0/s1. The van der Waals surface area contributed by atoms with Crippen molar-refractivity contribution < 1.29 is 43.3 Å². The number of hydrogen-bond donors (Lipinski definition) is 5. The number of nitrogens with two attached hydrogens (primary N) is 1. The smallest absolute Gasteiger partial charge is 0.417 e. The molecule has 0 bridgehead atoms. The van der Waals surface area contributed by atoms with Crippen LogP contribution in [-0.4, -0.2) is 89.1 Å². The molecule has 7 atom stereocenters. The van der Waals surface area contributed by atoms with E-state index < -0.39 is 77.9 Å². The van der Waals surface area contributed by atoms with Crippen LogP contribution in [0.1, 0.15) is 66.0 Å². The third kappa shape index (κ3) is 13.1. The number of aliphatic hydroxyl groups excluding tert-OH is 1. The number of methoxy groups -OCH3 is 1. The second kappa shape index (κ2) is 20.9. The van der Waals surface area contributed by atoms with Gasteiger partial charge in [-0.3, -0.25) is 19.2 Å². The third-order valence-electron chi connectivity index (χ3n) is 8.61. The lowest BCUT2D eigenvalue weighted by Gasteiger charge is -2.32. The van der Waals surface area contributed by atoms with E-state index in [-0.39, 0.29) is 31.3 Å². The second-order valence-electron chi connectivity index (χ2n) is 13.7. The van der Waals surface area contributed by atoms with Crippen LogP contribution in [0.4, 0.5) is 4.79 Å². The molecule has 0 saturated heterocycles. The van der Waals surface area contributed by atoms with Crippen molar-refractivity contribution in [1.82, 2.24) is 20.9 Å². The third-order valence-corrected chi connectivity index (χ3v) is 8.61. The van der Waals surface area contributed by atoms with Crippen LogP contribution in [0.5, 0.6) is 0 Å². The molecule has 0 fully saturated rings. The summed E-state index contributed by atoms with van der Waals surface area (Å²) < 4.78 is 10.2. The lowest BCUT2D eigenvalue weighted by Crippen LogP contribution is -2.58. The molecule has 0 aliphatic rings. The lowest BCUT2D eigenvalue weighted by atomic mass is 9.90. The fourth-order valence-electron chi connectivity index (χ4n) is 5.44. The molecular formula is C38H55N5O9. The van der Waals surface area contributed by atoms with E-state index in [0.717, 1.165) is 5.56 Å². The summed E-state index contributed by atoms with van der Waals surface area (Å²) in [6.07, 6.45) is -2.43. The molecule has 5 amide bonds. The van der Waals surface area contributed by atoms with E-state index in [9.17, 15) is 33.9 Å². The molecule has 0 radical (unpaired) electrons. The van der Waals surface area contributed by atoms with Gasteiger partial charge in [-0.15, -0.1) is 0 Å². The summed E-state index contributed by atoms with van der Waals surface area (Å²) >= 11 is 0. The minimum Gasteiger partial charge on any atom is -0.467 e. The molecule has 0 spiro atoms. The molecule has 0 aliphatic carbocycles. The zero-order valence-electron chi connectivity index (χ0n) is 31.3. The molecule has 14 nitrogen and oxygen atoms in total. The molecule has 286 valence electrons. The first-order chi connectivity index (χ1) is 24.5. The van der Waals surface area contributed by atoms with Crippen molar-refractivity contribution in [2.45, 2.75) is 104 Å². The van der Waals surface area contributed by atoms with Gasteiger partial charge in [0.25, 0.3) is 0 Å². The van der Waals surface area contributed by atoms with E-state index in [1.54, 1.807) is 77.1 Å². The predicted octanol–water partition coefficient (Wildman–Crippen LogP) is 2.46. The molecule has 2 aromatic rings. The Labute approximate surface area is 306 Å². The van der Waals surface area contributed by atoms with Crippen molar-refractivity contribution in [3.8, 4) is 0 Å². The number of benzene rings is 2. The minimum atomic E-state index is -1.38. The number of ether oxygens (including phenoxy) is 2. The normalized spacial score (nSPS) is 15.2. The van der Waals surface area contributed by atoms with Crippen molar-refractivity contribution in [2.75, 3.05) is 7.11 Å². The fraction of sp³-hybridized carbons (Fsp3) is 0.526. The highest BCUT2D eigenvalue weighted by molar-refractivity contribution is 6.00. The number of nitrogens with zero attached hydrogens (tertiary/aromatic N) is 1. The number of amides is 5. The maximum atomic E-state index is 13.7. The molecule has 14 heteroatoms. The average Bonchev–Trinajstić information content (AvgIpc) is 3.11. The van der Waals surface area contributed by atoms with Gasteiger partial charge >= 0.3 is 12.1 Å². The Morgan fingerprint density at radius 3 is 1.79 bits per heavy atom. The number of imide groups is 1. The topological polar surface area (TPSA) is 206 Å². The zero-order valence-corrected chi connectivity index (χ0v) is 31.3. The summed E-state index contributed by atoms with van der Waals surface area (Å²) in [4.78, 5) is 79.3. The number of hydrogen-bond acceptors (Lipinski definition) is 10. The summed E-state index contributed by atoms with van der Waals surface area (Å²) in [5.74, 6) is -4.64. The zero-order chi connectivity index (χ0) is 39.1. The molecule has 0 saturated carbocycles. The summed E-state index contributed by atoms with van der Waals surface area (Å²) in [7, 11) is 1.23. The van der Waals surface area contributed by atoms with Crippen LogP contribution in [0, 0.1) is 17.8 Å². The van der Waals surface area contributed by atoms with Gasteiger partial charge in [0.1, 0.15) is 24.7 Å². The molecular weight excluding hydrogens is 670 g/mol. The van der Waals surface area contributed by atoms with Crippen LogP contribution in [0.15, 0.2) is 60.7 Å². The first-order valence-corrected chi connectivity index (χ1v) is 17.5. The van der Waals surface area contributed by atoms with Crippen molar-refractivity contribution >= 4 is 35.7 Å². The van der Waals surface area contributed by atoms with Gasteiger partial charge in [-0.2, -0.15) is 0 Å². The van der Waals surface area contributed by atoms with E-state index in [0.29, 0.717) is 10.5 Å². The molecule has 52 heavy (non-hydrogen) atoms. The quantitative estimate of drug-likeness (QED) is 0.142. The molecule has 6 N–H and O–H groups in total. The number of rotatable bonds is 18. The van der Waals surface area contributed by atoms with E-state index in [1.807, 2.05) is 18.2 Å². The summed E-state index contributed by atoms with van der Waals surface area (Å²) in [6.45, 7) is 11.2. The molecule has 2 aromatic carbocycles. The minimum absolute atomic E-state index is 0.144. The molecule has 2 rings (SSSR count). The van der Waals surface area contributed by atoms with Crippen LogP contribution in [-0.2, 0) is 46.5 Å². The number of aliphatic hydroxyl groups is 1. The SMILES string of the molecule is COC(=O)C(NC(=O)C(NC(=O)CC(C)C(O)[C@H](Cc1ccccc1)NC(=O)[C@H](C)N(C(=O)OCc1ccccc1)C(=O)[C@H](C)N)C(C)C)C(C)C. The number of carbonyl (C=O) groups is 6. The van der Waals surface area contributed by atoms with Crippen LogP contribution < -0.4 is 21.7 Å². The van der Waals surface area contributed by atoms with Crippen molar-refractivity contribution in [3.05, 3.63) is 71.8 Å². The molecule has 4 unspecified atom stereocenters. The van der Waals surface area contributed by atoms with Gasteiger partial charge in [0.05, 0.1) is 25.3 Å². The van der Waals surface area contributed by atoms with Crippen LogP contribution >= 0.6 is 0 Å². The maximum absolute atomic E-state index is 13.7. The van der Waals surface area contributed by atoms with Gasteiger partial charge in [0.15, 0.2) is 0 Å². The fourth-order valence-corrected chi connectivity index (χ4v) is 5.44. The molecule has 0 aromatic heterocycles. The highest BCUT2D eigenvalue weighted by Gasteiger charge is 2.37. The number of esters is 1. The van der Waals surface area contributed by atoms with Gasteiger partial charge < -0.3 is 36.3 Å². The Morgan fingerprint density at radius 2 is 1.29 bits per heavy atom. The van der Waals surface area contributed by atoms with Gasteiger partial charge in [-0.25, -0.2) is 14.5 Å². The lowest BCUT2D eigenvalue weighted by molar-refractivity contribution is -0.146. The van der Waals surface area contributed by atoms with Crippen molar-refractivity contribution in [1.29, 1.82) is 0 Å². The van der Waals surface area contributed by atoms with E-state index in [4.69, 9.17) is 15.2 Å². The van der Waals surface area contributed by atoms with Crippen molar-refractivity contribution in [3.63, 3.8) is 0 Å². The maximum Gasteiger partial charge on any atom is 0.417 e. The van der Waals surface area contributed by atoms with Crippen LogP contribution in [0.25, 0.3) is 0 Å². The van der Waals surface area contributed by atoms with E-state index >= 15 is 0 Å². The van der Waals surface area contributed by atoms with Gasteiger partial charge in [0, 0.05) is 6.42 Å². The Bertz CT molecular complexity index is 1490. The monoisotopic (exact) mass is 725 g/mol. The highest BCUT2D eigenvalue weighted by Crippen LogP contribution is 2.18. The number of carbonyl (C=O) groups excluding carboxylic acids is 6. The van der Waals surface area contributed by atoms with Crippen LogP contribution in [0.3, 0.4) is 0 Å². The van der Waals surface area contributed by atoms with Crippen molar-refractivity contribution in [2.24, 2.45) is 23.5 Å². The largest absolute Gasteiger partial charge is 0.467 e. The molecule has 0 aliphatic heterocycles. The Morgan fingerprint density at radius 1 is 0.750 bits per heavy atom. The Hall–Kier alpha value is -4.82. The average molecular weight is 726 g/mol. The highest BCUT2D eigenvalue weighted by atomic mass is 16.6. The summed E-state index contributed by atoms with van der Waals surface area (Å²) in [5.41, 5.74) is 7.27. The van der Waals surface area contributed by atoms with E-state index in [1.165, 1.54) is 21.0 Å². The van der Waals surface area contributed by atoms with Gasteiger partial charge in [-0.05, 0) is 49.1 Å². The second-order valence-corrected chi connectivity index (χ2v) is 13.7. The van der Waals surface area contributed by atoms with Gasteiger partial charge in [-0.1, -0.05) is 95.3 Å². The first-order valence-electron chi connectivity index (χ1n) is 17.5. The summed E-state index contributed by atoms with van der Waals surface area (Å²) in [6, 6.07) is 12.5. The Kier molecular flexibility index (Phi) is 17.4. The molecule has 0 heterocycles. The van der Waals surface area contributed by atoms with Gasteiger partial charge in [0.2, 0.25) is 23.6 Å². The van der Waals surface area contributed by atoms with Crippen LogP contribution in [0.2, 0.25) is 0 Å². The Balaban J connectivity index is 2.25.